The minimum atomic E-state index is -0.354. The number of halogens is 1. The lowest BCUT2D eigenvalue weighted by atomic mass is 10.1. The number of carbonyl (C=O) groups is 1. The van der Waals surface area contributed by atoms with Crippen LogP contribution in [0.1, 0.15) is 5.56 Å². The topological polar surface area (TPSA) is 59.9 Å². The molecule has 0 fully saturated rings. The Hall–Kier alpha value is -3.64. The maximum absolute atomic E-state index is 12.1. The molecule has 0 aliphatic carbocycles. The number of benzene rings is 4. The molecule has 1 amide bonds. The van der Waals surface area contributed by atoms with Gasteiger partial charge in [-0.05, 0) is 62.6 Å². The number of amides is 1. The Morgan fingerprint density at radius 1 is 0.903 bits per heavy atom. The van der Waals surface area contributed by atoms with Gasteiger partial charge < -0.3 is 9.47 Å². The Labute approximate surface area is 188 Å². The van der Waals surface area contributed by atoms with E-state index in [1.54, 1.807) is 6.21 Å². The Balaban J connectivity index is 1.32. The van der Waals surface area contributed by atoms with Crippen LogP contribution in [0, 0.1) is 0 Å². The van der Waals surface area contributed by atoms with E-state index < -0.39 is 0 Å². The van der Waals surface area contributed by atoms with Crippen molar-refractivity contribution in [2.24, 2.45) is 5.10 Å². The van der Waals surface area contributed by atoms with Crippen molar-refractivity contribution in [2.75, 3.05) is 6.61 Å². The minimum absolute atomic E-state index is 0.147. The van der Waals surface area contributed by atoms with Gasteiger partial charge in [-0.25, -0.2) is 5.43 Å². The van der Waals surface area contributed by atoms with Crippen molar-refractivity contribution >= 4 is 38.8 Å². The van der Waals surface area contributed by atoms with Crippen LogP contribution in [0.15, 0.2) is 101 Å². The number of rotatable bonds is 7. The maximum Gasteiger partial charge on any atom is 0.277 e. The molecule has 4 aromatic rings. The molecule has 0 aromatic heterocycles. The highest BCUT2D eigenvalue weighted by Crippen LogP contribution is 2.32. The molecule has 0 heterocycles. The van der Waals surface area contributed by atoms with Crippen molar-refractivity contribution in [3.8, 4) is 17.2 Å². The standard InChI is InChI=1S/C25H19BrN2O3/c26-25-22-12-5-4-8-19(22)13-14-23(25)30-17-24(29)28-27-16-18-7-6-11-21(15-18)31-20-9-2-1-3-10-20/h1-16H,17H2,(H,28,29)/b27-16-. The molecule has 0 radical (unpaired) electrons. The van der Waals surface area contributed by atoms with E-state index in [4.69, 9.17) is 9.47 Å². The van der Waals surface area contributed by atoms with Crippen LogP contribution in [0.4, 0.5) is 0 Å². The highest BCUT2D eigenvalue weighted by atomic mass is 79.9. The highest BCUT2D eigenvalue weighted by molar-refractivity contribution is 9.10. The van der Waals surface area contributed by atoms with Gasteiger partial charge in [-0.1, -0.05) is 60.7 Å². The third-order valence-electron chi connectivity index (χ3n) is 4.43. The average molecular weight is 475 g/mol. The van der Waals surface area contributed by atoms with E-state index in [0.29, 0.717) is 11.5 Å². The summed E-state index contributed by atoms with van der Waals surface area (Å²) >= 11 is 3.55. The molecule has 4 aromatic carbocycles. The van der Waals surface area contributed by atoms with E-state index in [9.17, 15) is 4.79 Å². The summed E-state index contributed by atoms with van der Waals surface area (Å²) in [6, 6.07) is 28.7. The van der Waals surface area contributed by atoms with Gasteiger partial charge in [0, 0.05) is 0 Å². The van der Waals surface area contributed by atoms with Crippen LogP contribution >= 0.6 is 15.9 Å². The fourth-order valence-corrected chi connectivity index (χ4v) is 3.57. The molecular weight excluding hydrogens is 456 g/mol. The zero-order valence-corrected chi connectivity index (χ0v) is 18.1. The zero-order chi connectivity index (χ0) is 21.5. The molecule has 154 valence electrons. The van der Waals surface area contributed by atoms with Crippen LogP contribution in [0.25, 0.3) is 10.8 Å². The largest absolute Gasteiger partial charge is 0.483 e. The number of carbonyl (C=O) groups excluding carboxylic acids is 1. The molecule has 6 heteroatoms. The van der Waals surface area contributed by atoms with Crippen LogP contribution in [0.2, 0.25) is 0 Å². The molecule has 0 saturated carbocycles. The molecule has 0 bridgehead atoms. The van der Waals surface area contributed by atoms with Crippen molar-refractivity contribution in [2.45, 2.75) is 0 Å². The predicted octanol–water partition coefficient (Wildman–Crippen LogP) is 5.92. The first-order valence-electron chi connectivity index (χ1n) is 9.64. The van der Waals surface area contributed by atoms with E-state index in [2.05, 4.69) is 26.5 Å². The van der Waals surface area contributed by atoms with Gasteiger partial charge in [-0.3, -0.25) is 4.79 Å². The lowest BCUT2D eigenvalue weighted by molar-refractivity contribution is -0.123. The van der Waals surface area contributed by atoms with Gasteiger partial charge in [-0.15, -0.1) is 0 Å². The van der Waals surface area contributed by atoms with Crippen LogP contribution in [-0.4, -0.2) is 18.7 Å². The van der Waals surface area contributed by atoms with Gasteiger partial charge in [0.2, 0.25) is 0 Å². The summed E-state index contributed by atoms with van der Waals surface area (Å²) in [6.07, 6.45) is 1.56. The first-order chi connectivity index (χ1) is 15.2. The first-order valence-corrected chi connectivity index (χ1v) is 10.4. The molecule has 0 saturated heterocycles. The molecule has 0 aliphatic rings. The number of para-hydroxylation sites is 1. The maximum atomic E-state index is 12.1. The smallest absolute Gasteiger partial charge is 0.277 e. The van der Waals surface area contributed by atoms with Crippen LogP contribution in [0.3, 0.4) is 0 Å². The fraction of sp³-hybridized carbons (Fsp3) is 0.0400. The summed E-state index contributed by atoms with van der Waals surface area (Å²) in [5, 5.41) is 6.12. The van der Waals surface area contributed by atoms with Crippen molar-refractivity contribution in [1.29, 1.82) is 0 Å². The van der Waals surface area contributed by atoms with Gasteiger partial charge in [0.15, 0.2) is 6.61 Å². The van der Waals surface area contributed by atoms with E-state index in [-0.39, 0.29) is 12.5 Å². The second-order valence-electron chi connectivity index (χ2n) is 6.67. The normalized spacial score (nSPS) is 10.9. The van der Waals surface area contributed by atoms with Crippen LogP contribution in [-0.2, 0) is 4.79 Å². The molecule has 5 nitrogen and oxygen atoms in total. The lowest BCUT2D eigenvalue weighted by Gasteiger charge is -2.09. The predicted molar refractivity (Wildman–Crippen MR) is 126 cm³/mol. The van der Waals surface area contributed by atoms with Gasteiger partial charge in [0.1, 0.15) is 17.2 Å². The third-order valence-corrected chi connectivity index (χ3v) is 5.24. The van der Waals surface area contributed by atoms with Crippen molar-refractivity contribution < 1.29 is 14.3 Å². The lowest BCUT2D eigenvalue weighted by Crippen LogP contribution is -2.24. The summed E-state index contributed by atoms with van der Waals surface area (Å²) in [4.78, 5) is 12.1. The molecule has 4 rings (SSSR count). The second-order valence-corrected chi connectivity index (χ2v) is 7.46. The average Bonchev–Trinajstić information content (AvgIpc) is 2.80. The van der Waals surface area contributed by atoms with Gasteiger partial charge in [0.05, 0.1) is 10.7 Å². The van der Waals surface area contributed by atoms with Crippen molar-refractivity contribution in [1.82, 2.24) is 5.43 Å². The number of hydrazone groups is 1. The Bertz CT molecular complexity index is 1230. The van der Waals surface area contributed by atoms with E-state index in [1.807, 2.05) is 91.0 Å². The number of ether oxygens (including phenoxy) is 2. The molecule has 0 aliphatic heterocycles. The number of nitrogens with zero attached hydrogens (tertiary/aromatic N) is 1. The summed E-state index contributed by atoms with van der Waals surface area (Å²) < 4.78 is 12.3. The van der Waals surface area contributed by atoms with Crippen molar-refractivity contribution in [3.63, 3.8) is 0 Å². The second kappa shape index (κ2) is 9.91. The monoisotopic (exact) mass is 474 g/mol. The van der Waals surface area contributed by atoms with Gasteiger partial charge >= 0.3 is 0 Å². The molecule has 0 atom stereocenters. The number of fused-ring (bicyclic) bond motifs is 1. The summed E-state index contributed by atoms with van der Waals surface area (Å²) in [7, 11) is 0. The molecule has 1 N–H and O–H groups in total. The minimum Gasteiger partial charge on any atom is -0.483 e. The number of hydrogen-bond acceptors (Lipinski definition) is 4. The Morgan fingerprint density at radius 2 is 1.68 bits per heavy atom. The van der Waals surface area contributed by atoms with Crippen LogP contribution in [0.5, 0.6) is 17.2 Å². The molecule has 0 spiro atoms. The Kier molecular flexibility index (Phi) is 6.59. The quantitative estimate of drug-likeness (QED) is 0.267. The van der Waals surface area contributed by atoms with E-state index in [0.717, 1.165) is 26.6 Å². The Morgan fingerprint density at radius 3 is 2.55 bits per heavy atom. The number of nitrogens with one attached hydrogen (secondary N) is 1. The SMILES string of the molecule is O=C(COc1ccc2ccccc2c1Br)N/N=C\c1cccc(Oc2ccccc2)c1. The molecular formula is C25H19BrN2O3. The molecule has 0 unspecified atom stereocenters. The van der Waals surface area contributed by atoms with E-state index >= 15 is 0 Å². The molecule has 31 heavy (non-hydrogen) atoms. The summed E-state index contributed by atoms with van der Waals surface area (Å²) in [5.41, 5.74) is 3.27. The highest BCUT2D eigenvalue weighted by Gasteiger charge is 2.08. The fourth-order valence-electron chi connectivity index (χ4n) is 2.96. The van der Waals surface area contributed by atoms with E-state index in [1.165, 1.54) is 0 Å². The zero-order valence-electron chi connectivity index (χ0n) is 16.5. The summed E-state index contributed by atoms with van der Waals surface area (Å²) in [5.74, 6) is 1.68. The summed E-state index contributed by atoms with van der Waals surface area (Å²) in [6.45, 7) is -0.147. The van der Waals surface area contributed by atoms with Gasteiger partial charge in [0.25, 0.3) is 5.91 Å². The third kappa shape index (κ3) is 5.49. The van der Waals surface area contributed by atoms with Gasteiger partial charge in [-0.2, -0.15) is 5.10 Å². The first kappa shape index (κ1) is 20.6. The number of hydrogen-bond donors (Lipinski definition) is 1. The van der Waals surface area contributed by atoms with Crippen molar-refractivity contribution in [3.05, 3.63) is 101 Å². The van der Waals surface area contributed by atoms with Crippen LogP contribution < -0.4 is 14.9 Å².